The quantitative estimate of drug-likeness (QED) is 0.608. The summed E-state index contributed by atoms with van der Waals surface area (Å²) in [6, 6.07) is 2.00. The van der Waals surface area contributed by atoms with Crippen LogP contribution in [-0.4, -0.2) is 12.6 Å². The van der Waals surface area contributed by atoms with Crippen molar-refractivity contribution in [1.29, 1.82) is 5.26 Å². The highest BCUT2D eigenvalue weighted by atomic mass is 16.5. The van der Waals surface area contributed by atoms with Crippen LogP contribution in [0.25, 0.3) is 0 Å². The summed E-state index contributed by atoms with van der Waals surface area (Å²) in [5.41, 5.74) is 0. The molecule has 0 aromatic rings. The molecule has 1 saturated carbocycles. The number of ether oxygens (including phenoxy) is 1. The first-order chi connectivity index (χ1) is 6.27. The lowest BCUT2D eigenvalue weighted by Crippen LogP contribution is -2.16. The molecule has 0 heterocycles. The standard InChI is InChI=1S/C10H15NO2/c1-2-13-10(12)9(7-11)6-5-8-3-4-8/h8-9H,2-6H2,1H3. The Balaban J connectivity index is 2.24. The Hall–Kier alpha value is -1.04. The fourth-order valence-corrected chi connectivity index (χ4v) is 1.29. The Labute approximate surface area is 78.7 Å². The smallest absolute Gasteiger partial charge is 0.323 e. The van der Waals surface area contributed by atoms with Gasteiger partial charge in [-0.3, -0.25) is 4.79 Å². The van der Waals surface area contributed by atoms with E-state index in [1.807, 2.05) is 6.07 Å². The zero-order chi connectivity index (χ0) is 9.68. The molecule has 0 saturated heterocycles. The molecule has 72 valence electrons. The van der Waals surface area contributed by atoms with Crippen LogP contribution in [0.2, 0.25) is 0 Å². The van der Waals surface area contributed by atoms with Crippen LogP contribution in [0.3, 0.4) is 0 Å². The largest absolute Gasteiger partial charge is 0.465 e. The van der Waals surface area contributed by atoms with E-state index in [9.17, 15) is 4.79 Å². The molecule has 0 amide bonds. The third-order valence-corrected chi connectivity index (χ3v) is 2.29. The molecule has 13 heavy (non-hydrogen) atoms. The van der Waals surface area contributed by atoms with E-state index in [4.69, 9.17) is 10.00 Å². The zero-order valence-electron chi connectivity index (χ0n) is 7.95. The minimum Gasteiger partial charge on any atom is -0.465 e. The van der Waals surface area contributed by atoms with Gasteiger partial charge in [0.25, 0.3) is 0 Å². The molecule has 0 N–H and O–H groups in total. The van der Waals surface area contributed by atoms with Gasteiger partial charge in [0.1, 0.15) is 5.92 Å². The van der Waals surface area contributed by atoms with Crippen molar-refractivity contribution in [3.05, 3.63) is 0 Å². The molecule has 1 aliphatic rings. The van der Waals surface area contributed by atoms with Gasteiger partial charge < -0.3 is 4.74 Å². The van der Waals surface area contributed by atoms with Crippen LogP contribution >= 0.6 is 0 Å². The van der Waals surface area contributed by atoms with Gasteiger partial charge in [0.2, 0.25) is 0 Å². The van der Waals surface area contributed by atoms with Crippen LogP contribution < -0.4 is 0 Å². The van der Waals surface area contributed by atoms with Gasteiger partial charge in [0, 0.05) is 0 Å². The number of nitriles is 1. The highest BCUT2D eigenvalue weighted by Gasteiger charge is 2.25. The topological polar surface area (TPSA) is 50.1 Å². The van der Waals surface area contributed by atoms with E-state index in [-0.39, 0.29) is 5.97 Å². The second-order valence-electron chi connectivity index (χ2n) is 3.45. The summed E-state index contributed by atoms with van der Waals surface area (Å²) in [4.78, 5) is 11.2. The van der Waals surface area contributed by atoms with E-state index < -0.39 is 5.92 Å². The maximum atomic E-state index is 11.2. The summed E-state index contributed by atoms with van der Waals surface area (Å²) >= 11 is 0. The highest BCUT2D eigenvalue weighted by molar-refractivity contribution is 5.75. The van der Waals surface area contributed by atoms with Gasteiger partial charge in [-0.25, -0.2) is 0 Å². The van der Waals surface area contributed by atoms with Crippen LogP contribution in [0.4, 0.5) is 0 Å². The van der Waals surface area contributed by atoms with Gasteiger partial charge in [0.15, 0.2) is 0 Å². The molecule has 0 bridgehead atoms. The first-order valence-corrected chi connectivity index (χ1v) is 4.84. The Kier molecular flexibility index (Phi) is 3.75. The minimum absolute atomic E-state index is 0.356. The monoisotopic (exact) mass is 181 g/mol. The predicted octanol–water partition coefficient (Wildman–Crippen LogP) is 1.88. The maximum Gasteiger partial charge on any atom is 0.323 e. The number of esters is 1. The minimum atomic E-state index is -0.541. The fraction of sp³-hybridized carbons (Fsp3) is 0.800. The molecule has 3 nitrogen and oxygen atoms in total. The number of carbonyl (C=O) groups is 1. The lowest BCUT2D eigenvalue weighted by atomic mass is 10.0. The SMILES string of the molecule is CCOC(=O)C(C#N)CCC1CC1. The molecule has 1 unspecified atom stereocenters. The normalized spacial score (nSPS) is 17.5. The Morgan fingerprint density at radius 2 is 2.38 bits per heavy atom. The molecular weight excluding hydrogens is 166 g/mol. The van der Waals surface area contributed by atoms with E-state index >= 15 is 0 Å². The molecule has 1 fully saturated rings. The lowest BCUT2D eigenvalue weighted by Gasteiger charge is -2.06. The molecule has 3 heteroatoms. The van der Waals surface area contributed by atoms with Crippen LogP contribution in [-0.2, 0) is 9.53 Å². The summed E-state index contributed by atoms with van der Waals surface area (Å²) in [5.74, 6) is -0.128. The maximum absolute atomic E-state index is 11.2. The van der Waals surface area contributed by atoms with Crippen molar-refractivity contribution in [2.75, 3.05) is 6.61 Å². The molecule has 1 atom stereocenters. The third-order valence-electron chi connectivity index (χ3n) is 2.29. The molecule has 0 aliphatic heterocycles. The molecule has 0 aromatic heterocycles. The summed E-state index contributed by atoms with van der Waals surface area (Å²) in [6.07, 6.45) is 4.19. The first-order valence-electron chi connectivity index (χ1n) is 4.84. The molecular formula is C10H15NO2. The third kappa shape index (κ3) is 3.45. The second kappa shape index (κ2) is 4.86. The van der Waals surface area contributed by atoms with Crippen molar-refractivity contribution in [2.45, 2.75) is 32.6 Å². The van der Waals surface area contributed by atoms with Crippen molar-refractivity contribution < 1.29 is 9.53 Å². The van der Waals surface area contributed by atoms with Crippen molar-refractivity contribution >= 4 is 5.97 Å². The number of hydrogen-bond donors (Lipinski definition) is 0. The average Bonchev–Trinajstić information content (AvgIpc) is 2.89. The van der Waals surface area contributed by atoms with Crippen molar-refractivity contribution in [1.82, 2.24) is 0 Å². The first kappa shape index (κ1) is 10.0. The van der Waals surface area contributed by atoms with E-state index in [2.05, 4.69) is 0 Å². The molecule has 1 rings (SSSR count). The number of hydrogen-bond acceptors (Lipinski definition) is 3. The molecule has 0 radical (unpaired) electrons. The second-order valence-corrected chi connectivity index (χ2v) is 3.45. The van der Waals surface area contributed by atoms with Gasteiger partial charge in [-0.2, -0.15) is 5.26 Å². The Bertz CT molecular complexity index is 215. The number of rotatable bonds is 5. The van der Waals surface area contributed by atoms with Gasteiger partial charge in [-0.05, 0) is 25.7 Å². The van der Waals surface area contributed by atoms with E-state index in [1.165, 1.54) is 12.8 Å². The number of nitrogens with zero attached hydrogens (tertiary/aromatic N) is 1. The van der Waals surface area contributed by atoms with E-state index in [1.54, 1.807) is 6.92 Å². The van der Waals surface area contributed by atoms with Gasteiger partial charge >= 0.3 is 5.97 Å². The van der Waals surface area contributed by atoms with Crippen molar-refractivity contribution in [2.24, 2.45) is 11.8 Å². The predicted molar refractivity (Wildman–Crippen MR) is 47.7 cm³/mol. The van der Waals surface area contributed by atoms with Crippen LogP contribution in [0.5, 0.6) is 0 Å². The van der Waals surface area contributed by atoms with E-state index in [0.29, 0.717) is 13.0 Å². The lowest BCUT2D eigenvalue weighted by molar-refractivity contribution is -0.146. The molecule has 0 spiro atoms. The summed E-state index contributed by atoms with van der Waals surface area (Å²) < 4.78 is 4.79. The van der Waals surface area contributed by atoms with Gasteiger partial charge in [0.05, 0.1) is 12.7 Å². The summed E-state index contributed by atoms with van der Waals surface area (Å²) in [7, 11) is 0. The van der Waals surface area contributed by atoms with Crippen LogP contribution in [0, 0.1) is 23.2 Å². The average molecular weight is 181 g/mol. The van der Waals surface area contributed by atoms with Crippen LogP contribution in [0.1, 0.15) is 32.6 Å². The van der Waals surface area contributed by atoms with Gasteiger partial charge in [-0.15, -0.1) is 0 Å². The zero-order valence-corrected chi connectivity index (χ0v) is 7.95. The summed E-state index contributed by atoms with van der Waals surface area (Å²) in [6.45, 7) is 2.12. The van der Waals surface area contributed by atoms with Crippen molar-refractivity contribution in [3.63, 3.8) is 0 Å². The van der Waals surface area contributed by atoms with Gasteiger partial charge in [-0.1, -0.05) is 12.8 Å². The number of carbonyl (C=O) groups excluding carboxylic acids is 1. The molecule has 1 aliphatic carbocycles. The van der Waals surface area contributed by atoms with E-state index in [0.717, 1.165) is 12.3 Å². The Morgan fingerprint density at radius 3 is 2.85 bits per heavy atom. The molecule has 0 aromatic carbocycles. The van der Waals surface area contributed by atoms with Crippen LogP contribution in [0.15, 0.2) is 0 Å². The highest BCUT2D eigenvalue weighted by Crippen LogP contribution is 2.34. The summed E-state index contributed by atoms with van der Waals surface area (Å²) in [5, 5.41) is 8.71. The Morgan fingerprint density at radius 1 is 1.69 bits per heavy atom. The fourth-order valence-electron chi connectivity index (χ4n) is 1.29. The van der Waals surface area contributed by atoms with Crippen molar-refractivity contribution in [3.8, 4) is 6.07 Å².